The van der Waals surface area contributed by atoms with Crippen LogP contribution in [0.3, 0.4) is 0 Å². The minimum atomic E-state index is -3.30. The molecule has 1 heterocycles. The second kappa shape index (κ2) is 5.79. The number of sulfone groups is 1. The molecule has 1 unspecified atom stereocenters. The average Bonchev–Trinajstić information content (AvgIpc) is 2.37. The Morgan fingerprint density at radius 2 is 2.21 bits per heavy atom. The molecule has 0 aromatic heterocycles. The molecule has 0 radical (unpaired) electrons. The summed E-state index contributed by atoms with van der Waals surface area (Å²) in [4.78, 5) is 0.169. The fourth-order valence-corrected chi connectivity index (χ4v) is 3.05. The maximum absolute atomic E-state index is 11.6. The van der Waals surface area contributed by atoms with Crippen molar-refractivity contribution in [2.45, 2.75) is 30.3 Å². The van der Waals surface area contributed by atoms with Crippen LogP contribution in [-0.4, -0.2) is 33.9 Å². The topological polar surface area (TPSA) is 81.4 Å². The second-order valence-corrected chi connectivity index (χ2v) is 6.84. The Balaban J connectivity index is 2.08. The highest BCUT2D eigenvalue weighted by molar-refractivity contribution is 7.90. The average molecular weight is 284 g/mol. The van der Waals surface area contributed by atoms with Crippen LogP contribution in [0.15, 0.2) is 23.1 Å². The molecule has 1 aliphatic rings. The first-order valence-electron chi connectivity index (χ1n) is 6.42. The van der Waals surface area contributed by atoms with Gasteiger partial charge in [0.05, 0.1) is 22.4 Å². The van der Waals surface area contributed by atoms with E-state index in [0.717, 1.165) is 25.7 Å². The molecule has 0 amide bonds. The van der Waals surface area contributed by atoms with Gasteiger partial charge in [0.15, 0.2) is 9.84 Å². The van der Waals surface area contributed by atoms with Crippen LogP contribution in [0, 0.1) is 0 Å². The number of nitrogens with one attached hydrogen (secondary N) is 1. The summed E-state index contributed by atoms with van der Waals surface area (Å²) in [6.45, 7) is 1.45. The van der Waals surface area contributed by atoms with Crippen molar-refractivity contribution in [1.29, 1.82) is 0 Å². The molecule has 1 fully saturated rings. The molecule has 0 spiro atoms. The Morgan fingerprint density at radius 1 is 1.42 bits per heavy atom. The third-order valence-electron chi connectivity index (χ3n) is 3.26. The van der Waals surface area contributed by atoms with Gasteiger partial charge in [0.1, 0.15) is 0 Å². The van der Waals surface area contributed by atoms with Gasteiger partial charge in [-0.3, -0.25) is 0 Å². The van der Waals surface area contributed by atoms with Gasteiger partial charge in [0, 0.05) is 19.4 Å². The normalized spacial score (nSPS) is 20.2. The zero-order valence-electron chi connectivity index (χ0n) is 11.1. The summed E-state index contributed by atoms with van der Waals surface area (Å²) >= 11 is 0. The van der Waals surface area contributed by atoms with Gasteiger partial charge in [-0.1, -0.05) is 6.07 Å². The Labute approximate surface area is 114 Å². The van der Waals surface area contributed by atoms with Crippen molar-refractivity contribution in [2.75, 3.05) is 30.5 Å². The Kier molecular flexibility index (Phi) is 4.31. The highest BCUT2D eigenvalue weighted by atomic mass is 32.2. The number of benzene rings is 1. The van der Waals surface area contributed by atoms with Gasteiger partial charge in [0.2, 0.25) is 0 Å². The van der Waals surface area contributed by atoms with Crippen molar-refractivity contribution < 1.29 is 13.2 Å². The molecule has 106 valence electrons. The maximum Gasteiger partial charge on any atom is 0.177 e. The SMILES string of the molecule is CS(=O)(=O)c1cccc(NCC2CCCCO2)c1N. The van der Waals surface area contributed by atoms with Gasteiger partial charge in [-0.05, 0) is 31.4 Å². The number of ether oxygens (including phenoxy) is 1. The van der Waals surface area contributed by atoms with E-state index >= 15 is 0 Å². The van der Waals surface area contributed by atoms with E-state index in [1.165, 1.54) is 12.5 Å². The lowest BCUT2D eigenvalue weighted by molar-refractivity contribution is 0.0248. The third kappa shape index (κ3) is 3.61. The van der Waals surface area contributed by atoms with Crippen LogP contribution in [0.5, 0.6) is 0 Å². The number of para-hydroxylation sites is 1. The summed E-state index contributed by atoms with van der Waals surface area (Å²) in [6, 6.07) is 5.00. The smallest absolute Gasteiger partial charge is 0.177 e. The molecular formula is C13H20N2O3S. The second-order valence-electron chi connectivity index (χ2n) is 4.86. The van der Waals surface area contributed by atoms with Crippen molar-refractivity contribution in [3.63, 3.8) is 0 Å². The molecule has 5 nitrogen and oxygen atoms in total. The number of hydrogen-bond donors (Lipinski definition) is 2. The summed E-state index contributed by atoms with van der Waals surface area (Å²) in [6.07, 6.45) is 4.65. The molecule has 0 saturated carbocycles. The summed E-state index contributed by atoms with van der Waals surface area (Å²) in [5.74, 6) is 0. The zero-order chi connectivity index (χ0) is 13.9. The number of nitrogen functional groups attached to an aromatic ring is 1. The number of hydrogen-bond acceptors (Lipinski definition) is 5. The van der Waals surface area contributed by atoms with E-state index in [2.05, 4.69) is 5.32 Å². The first-order chi connectivity index (χ1) is 8.98. The standard InChI is InChI=1S/C13H20N2O3S/c1-19(16,17)12-7-4-6-11(13(12)14)15-9-10-5-2-3-8-18-10/h4,6-7,10,15H,2-3,5,8-9,14H2,1H3. The highest BCUT2D eigenvalue weighted by Crippen LogP contribution is 2.27. The van der Waals surface area contributed by atoms with Crippen LogP contribution < -0.4 is 11.1 Å². The predicted molar refractivity (Wildman–Crippen MR) is 76.0 cm³/mol. The van der Waals surface area contributed by atoms with Gasteiger partial charge in [-0.2, -0.15) is 0 Å². The van der Waals surface area contributed by atoms with Crippen molar-refractivity contribution in [1.82, 2.24) is 0 Å². The lowest BCUT2D eigenvalue weighted by Crippen LogP contribution is -2.27. The molecule has 6 heteroatoms. The molecule has 0 bridgehead atoms. The van der Waals surface area contributed by atoms with Gasteiger partial charge in [-0.15, -0.1) is 0 Å². The minimum Gasteiger partial charge on any atom is -0.396 e. The van der Waals surface area contributed by atoms with E-state index in [-0.39, 0.29) is 16.7 Å². The van der Waals surface area contributed by atoms with Crippen LogP contribution in [0.1, 0.15) is 19.3 Å². The molecule has 3 N–H and O–H groups in total. The Bertz CT molecular complexity index is 537. The van der Waals surface area contributed by atoms with Crippen LogP contribution in [0.4, 0.5) is 11.4 Å². The lowest BCUT2D eigenvalue weighted by atomic mass is 10.1. The van der Waals surface area contributed by atoms with E-state index < -0.39 is 9.84 Å². The molecule has 2 rings (SSSR count). The first-order valence-corrected chi connectivity index (χ1v) is 8.31. The van der Waals surface area contributed by atoms with Gasteiger partial charge >= 0.3 is 0 Å². The quantitative estimate of drug-likeness (QED) is 0.822. The summed E-state index contributed by atoms with van der Waals surface area (Å²) in [5, 5.41) is 3.18. The van der Waals surface area contributed by atoms with Crippen molar-refractivity contribution >= 4 is 21.2 Å². The summed E-state index contributed by atoms with van der Waals surface area (Å²) < 4.78 is 28.8. The van der Waals surface area contributed by atoms with Crippen molar-refractivity contribution in [3.8, 4) is 0 Å². The van der Waals surface area contributed by atoms with E-state index in [4.69, 9.17) is 10.5 Å². The van der Waals surface area contributed by atoms with Crippen LogP contribution in [0.25, 0.3) is 0 Å². The van der Waals surface area contributed by atoms with E-state index in [1.807, 2.05) is 0 Å². The zero-order valence-corrected chi connectivity index (χ0v) is 11.9. The Hall–Kier alpha value is -1.27. The van der Waals surface area contributed by atoms with Crippen molar-refractivity contribution in [2.24, 2.45) is 0 Å². The molecule has 1 aliphatic heterocycles. The summed E-state index contributed by atoms with van der Waals surface area (Å²) in [5.41, 5.74) is 6.83. The summed E-state index contributed by atoms with van der Waals surface area (Å²) in [7, 11) is -3.30. The number of nitrogens with two attached hydrogens (primary N) is 1. The van der Waals surface area contributed by atoms with E-state index in [9.17, 15) is 8.42 Å². The van der Waals surface area contributed by atoms with Gasteiger partial charge < -0.3 is 15.8 Å². The molecule has 1 aromatic rings. The molecule has 1 atom stereocenters. The molecule has 1 saturated heterocycles. The lowest BCUT2D eigenvalue weighted by Gasteiger charge is -2.23. The molecular weight excluding hydrogens is 264 g/mol. The van der Waals surface area contributed by atoms with Gasteiger partial charge in [0.25, 0.3) is 0 Å². The molecule has 1 aromatic carbocycles. The first kappa shape index (κ1) is 14.1. The van der Waals surface area contributed by atoms with E-state index in [1.54, 1.807) is 12.1 Å². The predicted octanol–water partition coefficient (Wildman–Crippen LogP) is 1.65. The maximum atomic E-state index is 11.6. The van der Waals surface area contributed by atoms with E-state index in [0.29, 0.717) is 12.2 Å². The van der Waals surface area contributed by atoms with Crippen LogP contribution >= 0.6 is 0 Å². The number of anilines is 2. The number of rotatable bonds is 4. The fraction of sp³-hybridized carbons (Fsp3) is 0.538. The Morgan fingerprint density at radius 3 is 2.84 bits per heavy atom. The molecule has 0 aliphatic carbocycles. The van der Waals surface area contributed by atoms with Crippen LogP contribution in [-0.2, 0) is 14.6 Å². The van der Waals surface area contributed by atoms with Gasteiger partial charge in [-0.25, -0.2) is 8.42 Å². The highest BCUT2D eigenvalue weighted by Gasteiger charge is 2.16. The largest absolute Gasteiger partial charge is 0.396 e. The molecule has 19 heavy (non-hydrogen) atoms. The van der Waals surface area contributed by atoms with Crippen molar-refractivity contribution in [3.05, 3.63) is 18.2 Å². The minimum absolute atomic E-state index is 0.169. The van der Waals surface area contributed by atoms with Crippen LogP contribution in [0.2, 0.25) is 0 Å². The monoisotopic (exact) mass is 284 g/mol. The fourth-order valence-electron chi connectivity index (χ4n) is 2.21. The third-order valence-corrected chi connectivity index (χ3v) is 4.41.